The average Bonchev–Trinajstić information content (AvgIpc) is 3.46. The number of fused-ring (bicyclic) bond motifs is 1. The number of aromatic nitrogens is 1. The molecule has 2 aliphatic heterocycles. The lowest BCUT2D eigenvalue weighted by molar-refractivity contribution is 0.0991. The molecule has 3 aromatic rings. The van der Waals surface area contributed by atoms with Gasteiger partial charge < -0.3 is 19.4 Å². The second-order valence-corrected chi connectivity index (χ2v) is 7.66. The van der Waals surface area contributed by atoms with Crippen LogP contribution in [-0.2, 0) is 6.42 Å². The van der Waals surface area contributed by atoms with Crippen molar-refractivity contribution < 1.29 is 14.3 Å². The number of aromatic amines is 1. The molecular formula is C24H24N2O3. The number of anilines is 1. The molecule has 0 spiro atoms. The zero-order valence-corrected chi connectivity index (χ0v) is 16.3. The zero-order chi connectivity index (χ0) is 19.6. The standard InChI is InChI=1S/C24H24N2O3/c27-22(18-5-6-23-24(14-18)29-12-11-28-23)13-17-3-1-2-4-21(17)26-10-8-20(16-26)19-7-9-25-15-19/h1-7,9,14-15,20,25H,8,10-13,16H2. The van der Waals surface area contributed by atoms with Gasteiger partial charge in [-0.05, 0) is 47.9 Å². The van der Waals surface area contributed by atoms with E-state index in [2.05, 4.69) is 40.3 Å². The number of hydrogen-bond acceptors (Lipinski definition) is 4. The van der Waals surface area contributed by atoms with Gasteiger partial charge in [-0.3, -0.25) is 4.79 Å². The Balaban J connectivity index is 1.34. The maximum absolute atomic E-state index is 13.0. The number of hydrogen-bond donors (Lipinski definition) is 1. The summed E-state index contributed by atoms with van der Waals surface area (Å²) in [5.41, 5.74) is 4.26. The largest absolute Gasteiger partial charge is 0.486 e. The van der Waals surface area contributed by atoms with Gasteiger partial charge in [0.05, 0.1) is 0 Å². The molecule has 1 aromatic heterocycles. The van der Waals surface area contributed by atoms with Crippen molar-refractivity contribution >= 4 is 11.5 Å². The Morgan fingerprint density at radius 2 is 1.93 bits per heavy atom. The lowest BCUT2D eigenvalue weighted by atomic mass is 10.00. The van der Waals surface area contributed by atoms with Crippen molar-refractivity contribution in [2.24, 2.45) is 0 Å². The van der Waals surface area contributed by atoms with Crippen molar-refractivity contribution in [1.29, 1.82) is 0 Å². The van der Waals surface area contributed by atoms with Crippen molar-refractivity contribution in [3.8, 4) is 11.5 Å². The number of ether oxygens (including phenoxy) is 2. The van der Waals surface area contributed by atoms with Crippen LogP contribution in [0.5, 0.6) is 11.5 Å². The van der Waals surface area contributed by atoms with E-state index in [4.69, 9.17) is 9.47 Å². The van der Waals surface area contributed by atoms with Crippen LogP contribution >= 0.6 is 0 Å². The fourth-order valence-corrected chi connectivity index (χ4v) is 4.30. The van der Waals surface area contributed by atoms with Crippen molar-refractivity contribution in [1.82, 2.24) is 4.98 Å². The molecule has 5 rings (SSSR count). The molecule has 3 heterocycles. The van der Waals surface area contributed by atoms with Gasteiger partial charge in [-0.15, -0.1) is 0 Å². The SMILES string of the molecule is O=C(Cc1ccccc1N1CCC(c2cc[nH]c2)C1)c1ccc2c(c1)OCCO2. The van der Waals surface area contributed by atoms with Crippen LogP contribution in [-0.4, -0.2) is 37.1 Å². The number of nitrogens with one attached hydrogen (secondary N) is 1. The van der Waals surface area contributed by atoms with E-state index in [1.165, 1.54) is 5.56 Å². The molecule has 1 N–H and O–H groups in total. The molecule has 0 amide bonds. The summed E-state index contributed by atoms with van der Waals surface area (Å²) in [7, 11) is 0. The Labute approximate surface area is 170 Å². The van der Waals surface area contributed by atoms with E-state index >= 15 is 0 Å². The summed E-state index contributed by atoms with van der Waals surface area (Å²) in [4.78, 5) is 18.6. The highest BCUT2D eigenvalue weighted by atomic mass is 16.6. The molecule has 1 unspecified atom stereocenters. The van der Waals surface area contributed by atoms with Crippen LogP contribution in [0.1, 0.15) is 33.8 Å². The van der Waals surface area contributed by atoms with E-state index < -0.39 is 0 Å². The highest BCUT2D eigenvalue weighted by molar-refractivity contribution is 5.98. The molecule has 1 fully saturated rings. The highest BCUT2D eigenvalue weighted by Crippen LogP contribution is 2.34. The van der Waals surface area contributed by atoms with E-state index in [1.54, 1.807) is 6.07 Å². The van der Waals surface area contributed by atoms with Crippen LogP contribution in [0, 0.1) is 0 Å². The second kappa shape index (κ2) is 7.66. The zero-order valence-electron chi connectivity index (χ0n) is 16.3. The average molecular weight is 388 g/mol. The molecule has 148 valence electrons. The van der Waals surface area contributed by atoms with Gasteiger partial charge in [0.25, 0.3) is 0 Å². The molecule has 5 heteroatoms. The fraction of sp³-hybridized carbons (Fsp3) is 0.292. The van der Waals surface area contributed by atoms with Gasteiger partial charge in [0.1, 0.15) is 13.2 Å². The van der Waals surface area contributed by atoms with E-state index in [1.807, 2.05) is 24.4 Å². The Morgan fingerprint density at radius 1 is 1.07 bits per heavy atom. The summed E-state index contributed by atoms with van der Waals surface area (Å²) in [6, 6.07) is 15.9. The summed E-state index contributed by atoms with van der Waals surface area (Å²) in [5, 5.41) is 0. The van der Waals surface area contributed by atoms with Crippen molar-refractivity contribution in [2.75, 3.05) is 31.2 Å². The molecule has 2 aromatic carbocycles. The molecule has 29 heavy (non-hydrogen) atoms. The smallest absolute Gasteiger partial charge is 0.167 e. The minimum atomic E-state index is 0.0933. The summed E-state index contributed by atoms with van der Waals surface area (Å²) < 4.78 is 11.2. The third kappa shape index (κ3) is 3.60. The van der Waals surface area contributed by atoms with Crippen molar-refractivity contribution in [3.05, 3.63) is 77.6 Å². The van der Waals surface area contributed by atoms with Gasteiger partial charge in [0.2, 0.25) is 0 Å². The lowest BCUT2D eigenvalue weighted by Gasteiger charge is -2.22. The van der Waals surface area contributed by atoms with Gasteiger partial charge in [-0.2, -0.15) is 0 Å². The molecule has 0 saturated carbocycles. The van der Waals surface area contributed by atoms with E-state index in [0.717, 1.165) is 30.8 Å². The van der Waals surface area contributed by atoms with Gasteiger partial charge >= 0.3 is 0 Å². The molecule has 2 aliphatic rings. The normalized spacial score (nSPS) is 18.1. The molecular weight excluding hydrogens is 364 g/mol. The van der Waals surface area contributed by atoms with Crippen LogP contribution < -0.4 is 14.4 Å². The number of H-pyrrole nitrogens is 1. The molecule has 0 aliphatic carbocycles. The number of rotatable bonds is 5. The minimum absolute atomic E-state index is 0.0933. The van der Waals surface area contributed by atoms with Crippen LogP contribution in [0.15, 0.2) is 60.9 Å². The monoisotopic (exact) mass is 388 g/mol. The predicted molar refractivity (Wildman–Crippen MR) is 112 cm³/mol. The number of para-hydroxylation sites is 1. The second-order valence-electron chi connectivity index (χ2n) is 7.66. The van der Waals surface area contributed by atoms with Gasteiger partial charge in [0.15, 0.2) is 17.3 Å². The Morgan fingerprint density at radius 3 is 2.79 bits per heavy atom. The lowest BCUT2D eigenvalue weighted by Crippen LogP contribution is -2.21. The van der Waals surface area contributed by atoms with Gasteiger partial charge in [0, 0.05) is 49.1 Å². The summed E-state index contributed by atoms with van der Waals surface area (Å²) >= 11 is 0. The number of nitrogens with zero attached hydrogens (tertiary/aromatic N) is 1. The first-order chi connectivity index (χ1) is 14.3. The first-order valence-corrected chi connectivity index (χ1v) is 10.2. The quantitative estimate of drug-likeness (QED) is 0.666. The fourth-order valence-electron chi connectivity index (χ4n) is 4.30. The van der Waals surface area contributed by atoms with Crippen LogP contribution in [0.4, 0.5) is 5.69 Å². The van der Waals surface area contributed by atoms with Crippen molar-refractivity contribution in [3.63, 3.8) is 0 Å². The number of Topliss-reactive ketones (excluding diaryl/α,β-unsaturated/α-hetero) is 1. The Bertz CT molecular complexity index is 1010. The maximum Gasteiger partial charge on any atom is 0.167 e. The summed E-state index contributed by atoms with van der Waals surface area (Å²) in [5.74, 6) is 1.99. The van der Waals surface area contributed by atoms with Crippen LogP contribution in [0.25, 0.3) is 0 Å². The number of carbonyl (C=O) groups excluding carboxylic acids is 1. The molecule has 0 radical (unpaired) electrons. The maximum atomic E-state index is 13.0. The summed E-state index contributed by atoms with van der Waals surface area (Å²) in [6.07, 6.45) is 5.58. The third-order valence-corrected chi connectivity index (χ3v) is 5.83. The number of benzene rings is 2. The summed E-state index contributed by atoms with van der Waals surface area (Å²) in [6.45, 7) is 3.05. The number of ketones is 1. The first-order valence-electron chi connectivity index (χ1n) is 10.2. The Hall–Kier alpha value is -3.21. The molecule has 1 atom stereocenters. The van der Waals surface area contributed by atoms with Crippen LogP contribution in [0.3, 0.4) is 0 Å². The first kappa shape index (κ1) is 17.9. The van der Waals surface area contributed by atoms with E-state index in [9.17, 15) is 4.79 Å². The minimum Gasteiger partial charge on any atom is -0.486 e. The van der Waals surface area contributed by atoms with Gasteiger partial charge in [-0.25, -0.2) is 0 Å². The van der Waals surface area contributed by atoms with E-state index in [0.29, 0.717) is 42.6 Å². The third-order valence-electron chi connectivity index (χ3n) is 5.83. The molecule has 5 nitrogen and oxygen atoms in total. The molecule has 0 bridgehead atoms. The number of carbonyl (C=O) groups is 1. The topological polar surface area (TPSA) is 54.6 Å². The molecule has 1 saturated heterocycles. The Kier molecular flexibility index (Phi) is 4.72. The van der Waals surface area contributed by atoms with E-state index in [-0.39, 0.29) is 5.78 Å². The highest BCUT2D eigenvalue weighted by Gasteiger charge is 2.26. The predicted octanol–water partition coefficient (Wildman–Crippen LogP) is 4.21. The van der Waals surface area contributed by atoms with Crippen LogP contribution in [0.2, 0.25) is 0 Å². The van der Waals surface area contributed by atoms with Gasteiger partial charge in [-0.1, -0.05) is 18.2 Å². The van der Waals surface area contributed by atoms with Crippen molar-refractivity contribution in [2.45, 2.75) is 18.8 Å².